The quantitative estimate of drug-likeness (QED) is 0.716. The summed E-state index contributed by atoms with van der Waals surface area (Å²) < 4.78 is 37.1. The second kappa shape index (κ2) is 5.70. The van der Waals surface area contributed by atoms with Crippen LogP contribution in [0.1, 0.15) is 17.6 Å². The summed E-state index contributed by atoms with van der Waals surface area (Å²) in [6.07, 6.45) is 2.23. The molecule has 0 aliphatic carbocycles. The lowest BCUT2D eigenvalue weighted by atomic mass is 10.3. The van der Waals surface area contributed by atoms with Gasteiger partial charge in [0, 0.05) is 6.20 Å². The molecule has 0 aromatic carbocycles. The monoisotopic (exact) mass is 274 g/mol. The lowest BCUT2D eigenvalue weighted by Crippen LogP contribution is -2.24. The first kappa shape index (κ1) is 13.3. The van der Waals surface area contributed by atoms with Crippen molar-refractivity contribution in [3.63, 3.8) is 0 Å². The average molecular weight is 274 g/mol. The second-order valence-electron chi connectivity index (χ2n) is 3.81. The number of ether oxygens (including phenoxy) is 2. The summed E-state index contributed by atoms with van der Waals surface area (Å²) in [5.74, 6) is 0.476. The van der Waals surface area contributed by atoms with Gasteiger partial charge in [0.25, 0.3) is 10.1 Å². The molecule has 0 spiro atoms. The minimum atomic E-state index is -3.48. The van der Waals surface area contributed by atoms with Crippen LogP contribution in [0.5, 0.6) is 0 Å². The van der Waals surface area contributed by atoms with Gasteiger partial charge >= 0.3 is 0 Å². The molecule has 1 unspecified atom stereocenters. The van der Waals surface area contributed by atoms with E-state index in [-0.39, 0.29) is 12.7 Å². The Balaban J connectivity index is 2.04. The largest absolute Gasteiger partial charge is 0.376 e. The summed E-state index contributed by atoms with van der Waals surface area (Å²) in [5, 5.41) is 0. The number of hydrogen-bond acceptors (Lipinski definition) is 7. The van der Waals surface area contributed by atoms with Crippen molar-refractivity contribution in [3.8, 4) is 0 Å². The fourth-order valence-corrected chi connectivity index (χ4v) is 1.79. The Morgan fingerprint density at radius 3 is 3.00 bits per heavy atom. The second-order valence-corrected chi connectivity index (χ2v) is 5.45. The molecule has 1 atom stereocenters. The van der Waals surface area contributed by atoms with E-state index >= 15 is 0 Å². The standard InChI is InChI=1S/C10H14N2O5S/c1-18(13,14)17-6-8-2-3-11-10(12-8)9-7-15-4-5-16-9/h2-3,9H,4-7H2,1H3. The van der Waals surface area contributed by atoms with Crippen LogP contribution >= 0.6 is 0 Å². The summed E-state index contributed by atoms with van der Waals surface area (Å²) in [7, 11) is -3.48. The van der Waals surface area contributed by atoms with E-state index in [4.69, 9.17) is 9.47 Å². The van der Waals surface area contributed by atoms with Gasteiger partial charge in [0.2, 0.25) is 0 Å². The van der Waals surface area contributed by atoms with Gasteiger partial charge in [0.05, 0.1) is 31.8 Å². The van der Waals surface area contributed by atoms with Crippen LogP contribution in [-0.4, -0.2) is 44.5 Å². The van der Waals surface area contributed by atoms with Gasteiger partial charge in [-0.15, -0.1) is 0 Å². The van der Waals surface area contributed by atoms with E-state index < -0.39 is 10.1 Å². The summed E-state index contributed by atoms with van der Waals surface area (Å²) in [6, 6.07) is 1.60. The van der Waals surface area contributed by atoms with Gasteiger partial charge in [-0.1, -0.05) is 0 Å². The molecule has 1 aliphatic heterocycles. The van der Waals surface area contributed by atoms with Crippen LogP contribution in [0.15, 0.2) is 12.3 Å². The minimum absolute atomic E-state index is 0.109. The highest BCUT2D eigenvalue weighted by Crippen LogP contribution is 2.17. The molecule has 0 amide bonds. The predicted molar refractivity (Wildman–Crippen MR) is 61.2 cm³/mol. The van der Waals surface area contributed by atoms with E-state index in [2.05, 4.69) is 14.2 Å². The Morgan fingerprint density at radius 1 is 1.50 bits per heavy atom. The highest BCUT2D eigenvalue weighted by atomic mass is 32.2. The molecule has 1 aromatic rings. The van der Waals surface area contributed by atoms with E-state index in [1.54, 1.807) is 12.3 Å². The number of hydrogen-bond donors (Lipinski definition) is 0. The van der Waals surface area contributed by atoms with E-state index in [0.717, 1.165) is 6.26 Å². The molecule has 7 nitrogen and oxygen atoms in total. The first-order valence-corrected chi connectivity index (χ1v) is 7.22. The molecule has 1 aliphatic rings. The maximum Gasteiger partial charge on any atom is 0.264 e. The molecule has 18 heavy (non-hydrogen) atoms. The maximum absolute atomic E-state index is 10.9. The first-order valence-electron chi connectivity index (χ1n) is 5.40. The molecule has 2 heterocycles. The number of aromatic nitrogens is 2. The van der Waals surface area contributed by atoms with Crippen LogP contribution in [0.4, 0.5) is 0 Å². The summed E-state index contributed by atoms with van der Waals surface area (Å²) in [5.41, 5.74) is 0.486. The fraction of sp³-hybridized carbons (Fsp3) is 0.600. The van der Waals surface area contributed by atoms with Crippen LogP contribution < -0.4 is 0 Å². The normalized spacial score (nSPS) is 20.8. The Hall–Kier alpha value is -1.09. The van der Waals surface area contributed by atoms with Gasteiger partial charge < -0.3 is 9.47 Å². The highest BCUT2D eigenvalue weighted by Gasteiger charge is 2.19. The van der Waals surface area contributed by atoms with E-state index in [0.29, 0.717) is 31.3 Å². The van der Waals surface area contributed by atoms with Gasteiger partial charge in [0.1, 0.15) is 12.7 Å². The van der Waals surface area contributed by atoms with Crippen LogP contribution in [0, 0.1) is 0 Å². The summed E-state index contributed by atoms with van der Waals surface area (Å²) >= 11 is 0. The van der Waals surface area contributed by atoms with E-state index in [9.17, 15) is 8.42 Å². The van der Waals surface area contributed by atoms with E-state index in [1.165, 1.54) is 0 Å². The van der Waals surface area contributed by atoms with Crippen molar-refractivity contribution in [3.05, 3.63) is 23.8 Å². The first-order chi connectivity index (χ1) is 8.54. The van der Waals surface area contributed by atoms with Gasteiger partial charge in [-0.2, -0.15) is 8.42 Å². The van der Waals surface area contributed by atoms with Crippen molar-refractivity contribution >= 4 is 10.1 Å². The van der Waals surface area contributed by atoms with Crippen molar-refractivity contribution in [2.45, 2.75) is 12.7 Å². The van der Waals surface area contributed by atoms with Gasteiger partial charge in [0.15, 0.2) is 5.82 Å². The van der Waals surface area contributed by atoms with Gasteiger partial charge in [-0.05, 0) is 6.07 Å². The number of rotatable bonds is 4. The van der Waals surface area contributed by atoms with Crippen LogP contribution in [-0.2, 0) is 30.4 Å². The van der Waals surface area contributed by atoms with Crippen molar-refractivity contribution in [1.29, 1.82) is 0 Å². The number of nitrogens with zero attached hydrogens (tertiary/aromatic N) is 2. The zero-order valence-electron chi connectivity index (χ0n) is 9.90. The van der Waals surface area contributed by atoms with Gasteiger partial charge in [-0.25, -0.2) is 9.97 Å². The Morgan fingerprint density at radius 2 is 2.33 bits per heavy atom. The maximum atomic E-state index is 10.9. The Bertz CT molecular complexity index is 499. The molecule has 0 bridgehead atoms. The fourth-order valence-electron chi connectivity index (χ4n) is 1.45. The lowest BCUT2D eigenvalue weighted by molar-refractivity contribution is -0.0936. The lowest BCUT2D eigenvalue weighted by Gasteiger charge is -2.21. The molecule has 0 saturated carbocycles. The molecule has 8 heteroatoms. The van der Waals surface area contributed by atoms with Crippen LogP contribution in [0.3, 0.4) is 0 Å². The molecule has 1 aromatic heterocycles. The topological polar surface area (TPSA) is 87.6 Å². The molecule has 2 rings (SSSR count). The zero-order chi connectivity index (χ0) is 13.0. The van der Waals surface area contributed by atoms with Crippen molar-refractivity contribution in [2.75, 3.05) is 26.1 Å². The molecular formula is C10H14N2O5S. The van der Waals surface area contributed by atoms with Crippen molar-refractivity contribution in [1.82, 2.24) is 9.97 Å². The third-order valence-corrected chi connectivity index (χ3v) is 2.80. The van der Waals surface area contributed by atoms with Crippen LogP contribution in [0.25, 0.3) is 0 Å². The highest BCUT2D eigenvalue weighted by molar-refractivity contribution is 7.85. The molecule has 0 radical (unpaired) electrons. The Labute approximate surface area is 105 Å². The smallest absolute Gasteiger partial charge is 0.264 e. The van der Waals surface area contributed by atoms with E-state index in [1.807, 2.05) is 0 Å². The molecular weight excluding hydrogens is 260 g/mol. The molecule has 1 saturated heterocycles. The molecule has 1 fully saturated rings. The van der Waals surface area contributed by atoms with Crippen molar-refractivity contribution < 1.29 is 22.1 Å². The Kier molecular flexibility index (Phi) is 4.23. The summed E-state index contributed by atoms with van der Waals surface area (Å²) in [4.78, 5) is 8.28. The average Bonchev–Trinajstić information content (AvgIpc) is 2.37. The van der Waals surface area contributed by atoms with Gasteiger partial charge in [-0.3, -0.25) is 4.18 Å². The zero-order valence-corrected chi connectivity index (χ0v) is 10.7. The molecule has 0 N–H and O–H groups in total. The summed E-state index contributed by atoms with van der Waals surface area (Å²) in [6.45, 7) is 1.35. The van der Waals surface area contributed by atoms with Crippen molar-refractivity contribution in [2.24, 2.45) is 0 Å². The SMILES string of the molecule is CS(=O)(=O)OCc1ccnc(C2COCCO2)n1. The third kappa shape index (κ3) is 3.98. The predicted octanol–water partition coefficient (Wildman–Crippen LogP) is 0.0407. The minimum Gasteiger partial charge on any atom is -0.376 e. The van der Waals surface area contributed by atoms with Crippen LogP contribution in [0.2, 0.25) is 0 Å². The molecule has 100 valence electrons. The third-order valence-electron chi connectivity index (χ3n) is 2.26.